The predicted octanol–water partition coefficient (Wildman–Crippen LogP) is 3.51. The van der Waals surface area contributed by atoms with Crippen LogP contribution in [-0.2, 0) is 26.1 Å². The number of aromatic nitrogens is 1. The Morgan fingerprint density at radius 3 is 2.68 bits per heavy atom. The molecule has 5 heteroatoms. The Morgan fingerprint density at radius 1 is 1.03 bits per heavy atom. The van der Waals surface area contributed by atoms with Gasteiger partial charge in [0.05, 0.1) is 0 Å². The normalized spacial score (nSPS) is 14.9. The van der Waals surface area contributed by atoms with Gasteiger partial charge in [0.15, 0.2) is 0 Å². The molecular formula is C26H31N3O2. The molecule has 1 aromatic heterocycles. The highest BCUT2D eigenvalue weighted by Crippen LogP contribution is 2.19. The maximum Gasteiger partial charge on any atom is 0.119 e. The van der Waals surface area contributed by atoms with Crippen molar-refractivity contribution >= 4 is 0 Å². The van der Waals surface area contributed by atoms with Gasteiger partial charge in [-0.2, -0.15) is 0 Å². The third kappa shape index (κ3) is 6.37. The van der Waals surface area contributed by atoms with Crippen molar-refractivity contribution in [2.75, 3.05) is 26.7 Å². The number of ether oxygens (including phenoxy) is 1. The molecule has 3 aromatic rings. The zero-order valence-corrected chi connectivity index (χ0v) is 18.2. The lowest BCUT2D eigenvalue weighted by Gasteiger charge is -2.30. The van der Waals surface area contributed by atoms with E-state index in [9.17, 15) is 5.11 Å². The first kappa shape index (κ1) is 21.5. The molecule has 2 heterocycles. The molecule has 1 N–H and O–H groups in total. The number of nitrogens with zero attached hydrogens (tertiary/aromatic N) is 3. The summed E-state index contributed by atoms with van der Waals surface area (Å²) < 4.78 is 5.91. The molecule has 0 aliphatic carbocycles. The lowest BCUT2D eigenvalue weighted by Crippen LogP contribution is -2.38. The monoisotopic (exact) mass is 417 g/mol. The molecule has 1 atom stereocenters. The van der Waals surface area contributed by atoms with E-state index in [1.807, 2.05) is 24.4 Å². The zero-order chi connectivity index (χ0) is 21.5. The summed E-state index contributed by atoms with van der Waals surface area (Å²) in [5.74, 6) is 0.801. The molecule has 0 fully saturated rings. The molecule has 5 nitrogen and oxygen atoms in total. The smallest absolute Gasteiger partial charge is 0.119 e. The summed E-state index contributed by atoms with van der Waals surface area (Å²) in [5.41, 5.74) is 5.17. The van der Waals surface area contributed by atoms with E-state index in [1.165, 1.54) is 22.3 Å². The van der Waals surface area contributed by atoms with Crippen LogP contribution in [0.5, 0.6) is 5.75 Å². The Bertz CT molecular complexity index is 964. The van der Waals surface area contributed by atoms with E-state index >= 15 is 0 Å². The van der Waals surface area contributed by atoms with Crippen LogP contribution >= 0.6 is 0 Å². The highest BCUT2D eigenvalue weighted by Gasteiger charge is 2.18. The summed E-state index contributed by atoms with van der Waals surface area (Å²) in [5, 5.41) is 10.5. The number of aliphatic hydroxyl groups excluding tert-OH is 1. The van der Waals surface area contributed by atoms with Crippen molar-refractivity contribution in [2.45, 2.75) is 32.2 Å². The van der Waals surface area contributed by atoms with Crippen LogP contribution in [0.3, 0.4) is 0 Å². The Morgan fingerprint density at radius 2 is 1.84 bits per heavy atom. The van der Waals surface area contributed by atoms with E-state index in [0.717, 1.165) is 38.3 Å². The SMILES string of the molecule is CN(Cc1cccnc1)Cc1cccc(OCC(O)CN2CCc3ccccc3C2)c1. The maximum absolute atomic E-state index is 10.5. The Labute approximate surface area is 184 Å². The molecule has 0 bridgehead atoms. The maximum atomic E-state index is 10.5. The Kier molecular flexibility index (Phi) is 7.30. The summed E-state index contributed by atoms with van der Waals surface area (Å²) >= 11 is 0. The number of benzene rings is 2. The number of rotatable bonds is 9. The van der Waals surface area contributed by atoms with Crippen LogP contribution in [0.2, 0.25) is 0 Å². The summed E-state index contributed by atoms with van der Waals surface area (Å²) in [7, 11) is 2.10. The van der Waals surface area contributed by atoms with Gasteiger partial charge in [-0.25, -0.2) is 0 Å². The van der Waals surface area contributed by atoms with Crippen LogP contribution in [0.4, 0.5) is 0 Å². The molecule has 0 radical (unpaired) electrons. The van der Waals surface area contributed by atoms with E-state index in [0.29, 0.717) is 13.2 Å². The second kappa shape index (κ2) is 10.5. The summed E-state index contributed by atoms with van der Waals surface area (Å²) in [6.07, 6.45) is 4.22. The quantitative estimate of drug-likeness (QED) is 0.577. The molecule has 1 aliphatic heterocycles. The minimum Gasteiger partial charge on any atom is -0.491 e. The Balaban J connectivity index is 1.24. The number of β-amino-alcohol motifs (C(OH)–C–C–N with tert-alkyl or cyclic N) is 1. The van der Waals surface area contributed by atoms with Crippen molar-refractivity contribution in [1.29, 1.82) is 0 Å². The van der Waals surface area contributed by atoms with Crippen molar-refractivity contribution in [1.82, 2.24) is 14.8 Å². The van der Waals surface area contributed by atoms with Crippen molar-refractivity contribution < 1.29 is 9.84 Å². The van der Waals surface area contributed by atoms with Gasteiger partial charge in [-0.15, -0.1) is 0 Å². The van der Waals surface area contributed by atoms with Gasteiger partial charge in [0.2, 0.25) is 0 Å². The fourth-order valence-corrected chi connectivity index (χ4v) is 4.16. The summed E-state index contributed by atoms with van der Waals surface area (Å²) in [6.45, 7) is 4.46. The second-order valence-corrected chi connectivity index (χ2v) is 8.40. The fourth-order valence-electron chi connectivity index (χ4n) is 4.16. The Hall–Kier alpha value is -2.73. The predicted molar refractivity (Wildman–Crippen MR) is 123 cm³/mol. The number of pyridine rings is 1. The number of fused-ring (bicyclic) bond motifs is 1. The van der Waals surface area contributed by atoms with Crippen LogP contribution in [0, 0.1) is 0 Å². The van der Waals surface area contributed by atoms with Gasteiger partial charge in [0.25, 0.3) is 0 Å². The summed E-state index contributed by atoms with van der Waals surface area (Å²) in [6, 6.07) is 20.7. The van der Waals surface area contributed by atoms with E-state index in [2.05, 4.69) is 64.3 Å². The van der Waals surface area contributed by atoms with Gasteiger partial charge in [0.1, 0.15) is 18.5 Å². The molecular weight excluding hydrogens is 386 g/mol. The average molecular weight is 418 g/mol. The average Bonchev–Trinajstić information content (AvgIpc) is 2.78. The molecule has 0 spiro atoms. The van der Waals surface area contributed by atoms with Gasteiger partial charge < -0.3 is 9.84 Å². The highest BCUT2D eigenvalue weighted by molar-refractivity contribution is 5.30. The molecule has 2 aromatic carbocycles. The molecule has 0 saturated heterocycles. The standard InChI is InChI=1S/C26H31N3O2/c1-28(17-22-7-5-12-27-15-22)16-21-6-4-10-26(14-21)31-20-25(30)19-29-13-11-23-8-2-3-9-24(23)18-29/h2-10,12,14-15,25,30H,11,13,16-20H2,1H3. The number of hydrogen-bond donors (Lipinski definition) is 1. The molecule has 31 heavy (non-hydrogen) atoms. The van der Waals surface area contributed by atoms with Crippen LogP contribution in [0.25, 0.3) is 0 Å². The van der Waals surface area contributed by atoms with Gasteiger partial charge >= 0.3 is 0 Å². The first-order chi connectivity index (χ1) is 15.2. The minimum atomic E-state index is -0.512. The van der Waals surface area contributed by atoms with Gasteiger partial charge in [-0.3, -0.25) is 14.8 Å². The lowest BCUT2D eigenvalue weighted by molar-refractivity contribution is 0.0637. The van der Waals surface area contributed by atoms with Crippen LogP contribution in [0.1, 0.15) is 22.3 Å². The minimum absolute atomic E-state index is 0.299. The fraction of sp³-hybridized carbons (Fsp3) is 0.346. The molecule has 0 saturated carbocycles. The third-order valence-corrected chi connectivity index (χ3v) is 5.65. The van der Waals surface area contributed by atoms with E-state index < -0.39 is 6.10 Å². The van der Waals surface area contributed by atoms with Gasteiger partial charge in [-0.05, 0) is 53.9 Å². The first-order valence-electron chi connectivity index (χ1n) is 10.9. The molecule has 4 rings (SSSR count). The van der Waals surface area contributed by atoms with Crippen LogP contribution in [0.15, 0.2) is 73.1 Å². The van der Waals surface area contributed by atoms with E-state index in [-0.39, 0.29) is 0 Å². The van der Waals surface area contributed by atoms with Crippen molar-refractivity contribution in [2.24, 2.45) is 0 Å². The lowest BCUT2D eigenvalue weighted by atomic mass is 10.00. The van der Waals surface area contributed by atoms with Crippen LogP contribution in [-0.4, -0.2) is 52.7 Å². The van der Waals surface area contributed by atoms with Crippen molar-refractivity contribution in [3.8, 4) is 5.75 Å². The number of aliphatic hydroxyl groups is 1. The van der Waals surface area contributed by atoms with Gasteiger partial charge in [0, 0.05) is 45.1 Å². The second-order valence-electron chi connectivity index (χ2n) is 8.40. The van der Waals surface area contributed by atoms with E-state index in [4.69, 9.17) is 4.74 Å². The molecule has 162 valence electrons. The number of hydrogen-bond acceptors (Lipinski definition) is 5. The highest BCUT2D eigenvalue weighted by atomic mass is 16.5. The van der Waals surface area contributed by atoms with Gasteiger partial charge in [-0.1, -0.05) is 42.5 Å². The summed E-state index contributed by atoms with van der Waals surface area (Å²) in [4.78, 5) is 8.73. The van der Waals surface area contributed by atoms with Crippen LogP contribution < -0.4 is 4.74 Å². The zero-order valence-electron chi connectivity index (χ0n) is 18.2. The molecule has 0 amide bonds. The largest absolute Gasteiger partial charge is 0.491 e. The topological polar surface area (TPSA) is 48.8 Å². The van der Waals surface area contributed by atoms with E-state index in [1.54, 1.807) is 6.20 Å². The molecule has 1 aliphatic rings. The van der Waals surface area contributed by atoms with Crippen molar-refractivity contribution in [3.63, 3.8) is 0 Å². The molecule has 1 unspecified atom stereocenters. The van der Waals surface area contributed by atoms with Crippen molar-refractivity contribution in [3.05, 3.63) is 95.3 Å². The first-order valence-corrected chi connectivity index (χ1v) is 10.9. The third-order valence-electron chi connectivity index (χ3n) is 5.65.